The number of nitrogens with one attached hydrogen (secondary N) is 1. The molecule has 0 unspecified atom stereocenters. The van der Waals surface area contributed by atoms with E-state index >= 15 is 0 Å². The van der Waals surface area contributed by atoms with Crippen molar-refractivity contribution in [3.8, 4) is 6.07 Å². The molecule has 3 nitrogen and oxygen atoms in total. The standard InChI is InChI=1S/C11H9N2O/c1-7(14)10-5-8(6-12)4-9-2-3-13-11(9)10/h2-5,13-14H,1H3. The molecule has 1 heterocycles. The zero-order valence-corrected chi connectivity index (χ0v) is 7.70. The Morgan fingerprint density at radius 1 is 1.50 bits per heavy atom. The van der Waals surface area contributed by atoms with Gasteiger partial charge >= 0.3 is 0 Å². The molecule has 0 aliphatic carbocycles. The van der Waals surface area contributed by atoms with Crippen LogP contribution in [0.25, 0.3) is 10.9 Å². The molecule has 2 N–H and O–H groups in total. The van der Waals surface area contributed by atoms with E-state index in [0.717, 1.165) is 10.9 Å². The van der Waals surface area contributed by atoms with Crippen LogP contribution in [0.5, 0.6) is 0 Å². The number of aromatic nitrogens is 1. The van der Waals surface area contributed by atoms with Crippen molar-refractivity contribution in [1.29, 1.82) is 5.26 Å². The van der Waals surface area contributed by atoms with Gasteiger partial charge in [0.25, 0.3) is 0 Å². The number of hydrogen-bond acceptors (Lipinski definition) is 2. The van der Waals surface area contributed by atoms with Crippen LogP contribution in [-0.4, -0.2) is 10.1 Å². The number of nitrogens with zero attached hydrogens (tertiary/aromatic N) is 1. The number of benzene rings is 1. The minimum Gasteiger partial charge on any atom is -0.382 e. The van der Waals surface area contributed by atoms with Gasteiger partial charge in [-0.1, -0.05) is 0 Å². The summed E-state index contributed by atoms with van der Waals surface area (Å²) in [5, 5.41) is 19.2. The highest BCUT2D eigenvalue weighted by molar-refractivity contribution is 5.85. The molecule has 2 rings (SSSR count). The van der Waals surface area contributed by atoms with Gasteiger partial charge in [0.15, 0.2) is 0 Å². The van der Waals surface area contributed by atoms with E-state index in [2.05, 4.69) is 11.1 Å². The summed E-state index contributed by atoms with van der Waals surface area (Å²) in [7, 11) is 0. The molecule has 0 bridgehead atoms. The lowest BCUT2D eigenvalue weighted by Crippen LogP contribution is -1.94. The van der Waals surface area contributed by atoms with Crippen LogP contribution in [0.4, 0.5) is 0 Å². The van der Waals surface area contributed by atoms with E-state index in [9.17, 15) is 5.11 Å². The fourth-order valence-corrected chi connectivity index (χ4v) is 1.52. The summed E-state index contributed by atoms with van der Waals surface area (Å²) in [5.74, 6) is 0. The first-order chi connectivity index (χ1) is 6.72. The van der Waals surface area contributed by atoms with Crippen LogP contribution in [0.2, 0.25) is 0 Å². The molecule has 0 aliphatic heterocycles. The molecular weight excluding hydrogens is 176 g/mol. The van der Waals surface area contributed by atoms with Gasteiger partial charge in [0.1, 0.15) is 6.10 Å². The minimum absolute atomic E-state index is 0.217. The van der Waals surface area contributed by atoms with Crippen molar-refractivity contribution in [3.05, 3.63) is 41.6 Å². The van der Waals surface area contributed by atoms with E-state index in [1.54, 1.807) is 25.3 Å². The van der Waals surface area contributed by atoms with Crippen molar-refractivity contribution < 1.29 is 5.11 Å². The number of aliphatic hydroxyl groups is 1. The van der Waals surface area contributed by atoms with Crippen LogP contribution < -0.4 is 0 Å². The molecule has 1 aromatic carbocycles. The molecule has 0 amide bonds. The van der Waals surface area contributed by atoms with E-state index < -0.39 is 0 Å². The van der Waals surface area contributed by atoms with Crippen LogP contribution >= 0.6 is 0 Å². The normalized spacial score (nSPS) is 10.7. The Hall–Kier alpha value is -1.79. The number of hydrogen-bond donors (Lipinski definition) is 2. The number of nitriles is 1. The van der Waals surface area contributed by atoms with Gasteiger partial charge in [-0.3, -0.25) is 0 Å². The van der Waals surface area contributed by atoms with Gasteiger partial charge in [-0.2, -0.15) is 5.26 Å². The molecule has 3 heteroatoms. The Morgan fingerprint density at radius 3 is 2.93 bits per heavy atom. The summed E-state index contributed by atoms with van der Waals surface area (Å²) in [4.78, 5) is 3.03. The third-order valence-corrected chi connectivity index (χ3v) is 2.18. The second-order valence-corrected chi connectivity index (χ2v) is 3.16. The number of aliphatic hydroxyl groups excluding tert-OH is 1. The molecule has 1 aromatic heterocycles. The summed E-state index contributed by atoms with van der Waals surface area (Å²) in [6.07, 6.45) is 2.01. The Bertz CT molecular complexity index is 505. The predicted octanol–water partition coefficient (Wildman–Crippen LogP) is 2.31. The zero-order valence-electron chi connectivity index (χ0n) is 7.70. The van der Waals surface area contributed by atoms with Crippen LogP contribution in [0, 0.1) is 17.4 Å². The van der Waals surface area contributed by atoms with Gasteiger partial charge in [-0.25, -0.2) is 0 Å². The Kier molecular flexibility index (Phi) is 1.99. The highest BCUT2D eigenvalue weighted by Crippen LogP contribution is 2.24. The summed E-state index contributed by atoms with van der Waals surface area (Å²) >= 11 is 0. The van der Waals surface area contributed by atoms with Crippen LogP contribution in [0.3, 0.4) is 0 Å². The topological polar surface area (TPSA) is 59.8 Å². The summed E-state index contributed by atoms with van der Waals surface area (Å²) in [6.45, 7) is 1.61. The number of fused-ring (bicyclic) bond motifs is 1. The third-order valence-electron chi connectivity index (χ3n) is 2.18. The SMILES string of the molecule is C[C](O)c1cc(C#N)cc2cc[nH]c12. The number of rotatable bonds is 1. The lowest BCUT2D eigenvalue weighted by Gasteiger charge is -2.05. The Morgan fingerprint density at radius 2 is 2.29 bits per heavy atom. The highest BCUT2D eigenvalue weighted by atomic mass is 16.3. The largest absolute Gasteiger partial charge is 0.382 e. The van der Waals surface area contributed by atoms with E-state index in [0.29, 0.717) is 11.1 Å². The van der Waals surface area contributed by atoms with Gasteiger partial charge in [0.05, 0.1) is 17.1 Å². The first-order valence-corrected chi connectivity index (χ1v) is 4.26. The van der Waals surface area contributed by atoms with Crippen LogP contribution in [-0.2, 0) is 0 Å². The first kappa shape index (κ1) is 8.79. The molecule has 0 saturated heterocycles. The maximum atomic E-state index is 9.45. The van der Waals surface area contributed by atoms with Gasteiger partial charge < -0.3 is 10.1 Å². The second-order valence-electron chi connectivity index (χ2n) is 3.16. The molecule has 0 fully saturated rings. The molecule has 69 valence electrons. The Labute approximate surface area is 81.6 Å². The predicted molar refractivity (Wildman–Crippen MR) is 53.0 cm³/mol. The van der Waals surface area contributed by atoms with Crippen molar-refractivity contribution in [1.82, 2.24) is 4.98 Å². The van der Waals surface area contributed by atoms with E-state index in [-0.39, 0.29) is 6.10 Å². The van der Waals surface area contributed by atoms with Gasteiger partial charge in [0.2, 0.25) is 0 Å². The van der Waals surface area contributed by atoms with Crippen molar-refractivity contribution in [2.24, 2.45) is 0 Å². The van der Waals surface area contributed by atoms with Crippen LogP contribution in [0.1, 0.15) is 18.1 Å². The van der Waals surface area contributed by atoms with Crippen molar-refractivity contribution in [3.63, 3.8) is 0 Å². The molecule has 0 aliphatic rings. The molecule has 1 radical (unpaired) electrons. The average molecular weight is 185 g/mol. The maximum absolute atomic E-state index is 9.45. The summed E-state index contributed by atoms with van der Waals surface area (Å²) in [6, 6.07) is 7.41. The maximum Gasteiger partial charge on any atom is 0.121 e. The van der Waals surface area contributed by atoms with Crippen LogP contribution in [0.15, 0.2) is 24.4 Å². The number of aromatic amines is 1. The molecule has 0 spiro atoms. The lowest BCUT2D eigenvalue weighted by atomic mass is 10.0. The zero-order chi connectivity index (χ0) is 10.1. The third kappa shape index (κ3) is 1.26. The molecule has 0 saturated carbocycles. The average Bonchev–Trinajstić information content (AvgIpc) is 2.63. The van der Waals surface area contributed by atoms with E-state index in [1.807, 2.05) is 6.07 Å². The number of H-pyrrole nitrogens is 1. The monoisotopic (exact) mass is 185 g/mol. The Balaban J connectivity index is 2.78. The van der Waals surface area contributed by atoms with Gasteiger partial charge in [-0.05, 0) is 25.1 Å². The van der Waals surface area contributed by atoms with Gasteiger partial charge in [-0.15, -0.1) is 0 Å². The smallest absolute Gasteiger partial charge is 0.121 e. The second kappa shape index (κ2) is 3.17. The lowest BCUT2D eigenvalue weighted by molar-refractivity contribution is 0.342. The van der Waals surface area contributed by atoms with Gasteiger partial charge in [0, 0.05) is 17.1 Å². The fourth-order valence-electron chi connectivity index (χ4n) is 1.52. The van der Waals surface area contributed by atoms with E-state index in [1.165, 1.54) is 0 Å². The molecular formula is C11H9N2O. The van der Waals surface area contributed by atoms with E-state index in [4.69, 9.17) is 5.26 Å². The van der Waals surface area contributed by atoms with Crippen molar-refractivity contribution in [2.75, 3.05) is 0 Å². The minimum atomic E-state index is 0.217. The van der Waals surface area contributed by atoms with Crippen molar-refractivity contribution in [2.45, 2.75) is 6.92 Å². The first-order valence-electron chi connectivity index (χ1n) is 4.26. The molecule has 0 atom stereocenters. The molecule has 2 aromatic rings. The summed E-state index contributed by atoms with van der Waals surface area (Å²) < 4.78 is 0. The quantitative estimate of drug-likeness (QED) is 0.716. The fraction of sp³-hybridized carbons (Fsp3) is 0.0909. The highest BCUT2D eigenvalue weighted by Gasteiger charge is 2.09. The summed E-state index contributed by atoms with van der Waals surface area (Å²) in [5.41, 5.74) is 2.11. The van der Waals surface area contributed by atoms with Crippen molar-refractivity contribution >= 4 is 10.9 Å². The molecule has 14 heavy (non-hydrogen) atoms.